The summed E-state index contributed by atoms with van der Waals surface area (Å²) >= 11 is 3.40. The molecule has 100 valence electrons. The largest absolute Gasteiger partial charge is 0.307 e. The van der Waals surface area contributed by atoms with Gasteiger partial charge in [0.25, 0.3) is 0 Å². The summed E-state index contributed by atoms with van der Waals surface area (Å²) in [5.41, 5.74) is 0.746. The zero-order valence-corrected chi connectivity index (χ0v) is 12.8. The van der Waals surface area contributed by atoms with Crippen molar-refractivity contribution in [1.82, 2.24) is 5.32 Å². The van der Waals surface area contributed by atoms with Gasteiger partial charge >= 0.3 is 0 Å². The first-order chi connectivity index (χ1) is 8.49. The zero-order chi connectivity index (χ0) is 13.3. The lowest BCUT2D eigenvalue weighted by molar-refractivity contribution is 0.343. The van der Waals surface area contributed by atoms with Crippen molar-refractivity contribution in [3.8, 4) is 0 Å². The monoisotopic (exact) mass is 313 g/mol. The van der Waals surface area contributed by atoms with Gasteiger partial charge in [-0.05, 0) is 49.8 Å². The number of hydrogen-bond donors (Lipinski definition) is 1. The van der Waals surface area contributed by atoms with Gasteiger partial charge < -0.3 is 5.32 Å². The van der Waals surface area contributed by atoms with Crippen molar-refractivity contribution in [2.75, 3.05) is 0 Å². The molecule has 1 N–H and O–H groups in total. The highest BCUT2D eigenvalue weighted by Gasteiger charge is 2.30. The van der Waals surface area contributed by atoms with Crippen LogP contribution in [-0.4, -0.2) is 6.04 Å². The van der Waals surface area contributed by atoms with E-state index >= 15 is 0 Å². The maximum absolute atomic E-state index is 13.8. The van der Waals surface area contributed by atoms with Gasteiger partial charge in [0.2, 0.25) is 0 Å². The fraction of sp³-hybridized carbons (Fsp3) is 0.600. The van der Waals surface area contributed by atoms with Gasteiger partial charge in [0.1, 0.15) is 5.82 Å². The first-order valence-electron chi connectivity index (χ1n) is 6.70. The van der Waals surface area contributed by atoms with Crippen LogP contribution in [0.25, 0.3) is 0 Å². The second-order valence-electron chi connectivity index (χ2n) is 5.57. The van der Waals surface area contributed by atoms with Crippen LogP contribution in [0.15, 0.2) is 22.7 Å². The molecule has 2 rings (SSSR count). The van der Waals surface area contributed by atoms with E-state index in [1.165, 1.54) is 18.9 Å². The van der Waals surface area contributed by atoms with Crippen molar-refractivity contribution in [1.29, 1.82) is 0 Å². The van der Waals surface area contributed by atoms with E-state index in [4.69, 9.17) is 0 Å². The molecule has 4 unspecified atom stereocenters. The molecule has 1 fully saturated rings. The number of halogens is 2. The Hall–Kier alpha value is -0.410. The lowest BCUT2D eigenvalue weighted by Crippen LogP contribution is -2.34. The molecule has 1 aliphatic carbocycles. The lowest BCUT2D eigenvalue weighted by Gasteiger charge is -2.25. The molecule has 0 aliphatic heterocycles. The number of rotatable bonds is 3. The van der Waals surface area contributed by atoms with E-state index in [0.29, 0.717) is 12.0 Å². The molecule has 4 atom stereocenters. The number of hydrogen-bond acceptors (Lipinski definition) is 1. The van der Waals surface area contributed by atoms with Crippen molar-refractivity contribution in [2.24, 2.45) is 11.8 Å². The standard InChI is InChI=1S/C15H21BrFN/c1-9-4-7-15(10(9)2)18-11(3)13-8-12(16)5-6-14(13)17/h5-6,8-11,15,18H,4,7H2,1-3H3. The van der Waals surface area contributed by atoms with Crippen LogP contribution in [0.3, 0.4) is 0 Å². The predicted octanol–water partition coefficient (Wildman–Crippen LogP) is 4.67. The van der Waals surface area contributed by atoms with E-state index in [1.54, 1.807) is 6.07 Å². The average molecular weight is 314 g/mol. The molecule has 1 aliphatic rings. The van der Waals surface area contributed by atoms with Crippen LogP contribution in [-0.2, 0) is 0 Å². The third-order valence-corrected chi connectivity index (χ3v) is 4.85. The Bertz CT molecular complexity index is 421. The predicted molar refractivity (Wildman–Crippen MR) is 77.0 cm³/mol. The quantitative estimate of drug-likeness (QED) is 0.854. The molecule has 0 bridgehead atoms. The molecular formula is C15H21BrFN. The van der Waals surface area contributed by atoms with Crippen LogP contribution in [0.5, 0.6) is 0 Å². The molecule has 0 amide bonds. The summed E-state index contributed by atoms with van der Waals surface area (Å²) in [7, 11) is 0. The molecule has 0 spiro atoms. The Balaban J connectivity index is 2.08. The van der Waals surface area contributed by atoms with Crippen molar-refractivity contribution >= 4 is 15.9 Å². The summed E-state index contributed by atoms with van der Waals surface area (Å²) in [4.78, 5) is 0. The summed E-state index contributed by atoms with van der Waals surface area (Å²) in [5.74, 6) is 1.31. The zero-order valence-electron chi connectivity index (χ0n) is 11.2. The Kier molecular flexibility index (Phi) is 4.44. The second kappa shape index (κ2) is 5.70. The van der Waals surface area contributed by atoms with E-state index in [1.807, 2.05) is 13.0 Å². The van der Waals surface area contributed by atoms with Gasteiger partial charge in [0, 0.05) is 22.1 Å². The maximum Gasteiger partial charge on any atom is 0.128 e. The molecule has 1 nitrogen and oxygen atoms in total. The van der Waals surface area contributed by atoms with Crippen LogP contribution in [0.2, 0.25) is 0 Å². The molecular weight excluding hydrogens is 293 g/mol. The van der Waals surface area contributed by atoms with Crippen LogP contribution < -0.4 is 5.32 Å². The highest BCUT2D eigenvalue weighted by molar-refractivity contribution is 9.10. The molecule has 0 aromatic heterocycles. The highest BCUT2D eigenvalue weighted by Crippen LogP contribution is 2.33. The SMILES string of the molecule is CC(NC1CCC(C)C1C)c1cc(Br)ccc1F. The van der Waals surface area contributed by atoms with Crippen LogP contribution in [0.4, 0.5) is 4.39 Å². The van der Waals surface area contributed by atoms with Crippen LogP contribution in [0, 0.1) is 17.7 Å². The highest BCUT2D eigenvalue weighted by atomic mass is 79.9. The third kappa shape index (κ3) is 2.94. The second-order valence-corrected chi connectivity index (χ2v) is 6.49. The van der Waals surface area contributed by atoms with Crippen molar-refractivity contribution in [3.05, 3.63) is 34.1 Å². The Morgan fingerprint density at radius 3 is 2.67 bits per heavy atom. The minimum Gasteiger partial charge on any atom is -0.307 e. The number of benzene rings is 1. The molecule has 18 heavy (non-hydrogen) atoms. The van der Waals surface area contributed by atoms with E-state index in [9.17, 15) is 4.39 Å². The smallest absolute Gasteiger partial charge is 0.128 e. The van der Waals surface area contributed by atoms with Gasteiger partial charge in [0.05, 0.1) is 0 Å². The summed E-state index contributed by atoms with van der Waals surface area (Å²) < 4.78 is 14.7. The maximum atomic E-state index is 13.8. The molecule has 1 aromatic rings. The normalized spacial score (nSPS) is 29.5. The van der Waals surface area contributed by atoms with E-state index in [2.05, 4.69) is 35.1 Å². The van der Waals surface area contributed by atoms with Gasteiger partial charge in [-0.3, -0.25) is 0 Å². The van der Waals surface area contributed by atoms with Crippen molar-refractivity contribution in [2.45, 2.75) is 45.7 Å². The summed E-state index contributed by atoms with van der Waals surface area (Å²) in [6.07, 6.45) is 2.47. The van der Waals surface area contributed by atoms with E-state index in [-0.39, 0.29) is 11.9 Å². The van der Waals surface area contributed by atoms with Gasteiger partial charge in [-0.2, -0.15) is 0 Å². The molecule has 3 heteroatoms. The van der Waals surface area contributed by atoms with Crippen molar-refractivity contribution in [3.63, 3.8) is 0 Å². The van der Waals surface area contributed by atoms with Gasteiger partial charge in [-0.1, -0.05) is 29.8 Å². The topological polar surface area (TPSA) is 12.0 Å². The van der Waals surface area contributed by atoms with Gasteiger partial charge in [0.15, 0.2) is 0 Å². The first-order valence-corrected chi connectivity index (χ1v) is 7.49. The molecule has 0 heterocycles. The van der Waals surface area contributed by atoms with E-state index < -0.39 is 0 Å². The lowest BCUT2D eigenvalue weighted by atomic mass is 9.96. The fourth-order valence-corrected chi connectivity index (χ4v) is 3.24. The Morgan fingerprint density at radius 2 is 2.06 bits per heavy atom. The average Bonchev–Trinajstić information content (AvgIpc) is 2.64. The van der Waals surface area contributed by atoms with Crippen LogP contribution in [0.1, 0.15) is 45.2 Å². The summed E-state index contributed by atoms with van der Waals surface area (Å²) in [5, 5.41) is 3.58. The summed E-state index contributed by atoms with van der Waals surface area (Å²) in [6.45, 7) is 6.64. The first kappa shape index (κ1) is 14.0. The van der Waals surface area contributed by atoms with Gasteiger partial charge in [-0.15, -0.1) is 0 Å². The minimum absolute atomic E-state index is 0.0558. The molecule has 0 saturated heterocycles. The summed E-state index contributed by atoms with van der Waals surface area (Å²) in [6, 6.07) is 5.70. The fourth-order valence-electron chi connectivity index (χ4n) is 2.86. The van der Waals surface area contributed by atoms with E-state index in [0.717, 1.165) is 16.0 Å². The molecule has 1 saturated carbocycles. The van der Waals surface area contributed by atoms with Gasteiger partial charge in [-0.25, -0.2) is 4.39 Å². The molecule has 1 aromatic carbocycles. The minimum atomic E-state index is -0.128. The number of nitrogens with one attached hydrogen (secondary N) is 1. The van der Waals surface area contributed by atoms with Crippen LogP contribution >= 0.6 is 15.9 Å². The Morgan fingerprint density at radius 1 is 1.33 bits per heavy atom. The molecule has 0 radical (unpaired) electrons. The Labute approximate surface area is 117 Å². The van der Waals surface area contributed by atoms with Crippen molar-refractivity contribution < 1.29 is 4.39 Å². The third-order valence-electron chi connectivity index (χ3n) is 4.35.